The zero-order valence-corrected chi connectivity index (χ0v) is 10.7. The molecule has 0 aliphatic carbocycles. The predicted molar refractivity (Wildman–Crippen MR) is 66.3 cm³/mol. The van der Waals surface area contributed by atoms with E-state index in [0.717, 1.165) is 11.1 Å². The number of carbonyl (C=O) groups is 1. The highest BCUT2D eigenvalue weighted by Gasteiger charge is 2.23. The maximum absolute atomic E-state index is 11.9. The quantitative estimate of drug-likeness (QED) is 0.628. The molecule has 1 nitrogen and oxygen atoms in total. The average Bonchev–Trinajstić information content (AvgIpc) is 2.19. The highest BCUT2D eigenvalue weighted by Crippen LogP contribution is 2.22. The molecule has 1 aromatic rings. The minimum absolute atomic E-state index is 0.214. The van der Waals surface area contributed by atoms with Gasteiger partial charge in [0.2, 0.25) is 0 Å². The van der Waals surface area contributed by atoms with Crippen LogP contribution in [0.25, 0.3) is 0 Å². The van der Waals surface area contributed by atoms with Crippen molar-refractivity contribution in [1.29, 1.82) is 0 Å². The maximum atomic E-state index is 11.9. The second kappa shape index (κ2) is 5.69. The molecule has 0 saturated carbocycles. The topological polar surface area (TPSA) is 17.1 Å². The fraction of sp³-hybridized carbons (Fsp3) is 0.500. The lowest BCUT2D eigenvalue weighted by Gasteiger charge is -2.17. The van der Waals surface area contributed by atoms with Crippen LogP contribution in [0.3, 0.4) is 0 Å². The van der Waals surface area contributed by atoms with E-state index in [-0.39, 0.29) is 11.2 Å². The summed E-state index contributed by atoms with van der Waals surface area (Å²) >= 11 is 0. The Hall–Kier alpha value is -1.11. The van der Waals surface area contributed by atoms with Crippen molar-refractivity contribution < 1.29 is 4.79 Å². The van der Waals surface area contributed by atoms with Crippen molar-refractivity contribution in [1.82, 2.24) is 0 Å². The Labute approximate surface area is 93.5 Å². The lowest BCUT2D eigenvalue weighted by atomic mass is 9.85. The Kier molecular flexibility index (Phi) is 5.27. The molecule has 0 atom stereocenters. The summed E-state index contributed by atoms with van der Waals surface area (Å²) in [6, 6.07) is 7.72. The summed E-state index contributed by atoms with van der Waals surface area (Å²) in [5.41, 5.74) is 1.61. The van der Waals surface area contributed by atoms with Crippen LogP contribution in [0.5, 0.6) is 0 Å². The van der Waals surface area contributed by atoms with Gasteiger partial charge in [-0.05, 0) is 12.5 Å². The molecule has 0 fully saturated rings. The van der Waals surface area contributed by atoms with Crippen molar-refractivity contribution in [2.24, 2.45) is 5.41 Å². The molecule has 0 spiro atoms. The number of rotatable bonds is 1. The van der Waals surface area contributed by atoms with Crippen molar-refractivity contribution in [3.8, 4) is 0 Å². The van der Waals surface area contributed by atoms with Crippen LogP contribution in [0.4, 0.5) is 0 Å². The molecule has 0 heterocycles. The Morgan fingerprint density at radius 2 is 1.53 bits per heavy atom. The first kappa shape index (κ1) is 13.9. The summed E-state index contributed by atoms with van der Waals surface area (Å²) in [5, 5.41) is 0. The summed E-state index contributed by atoms with van der Waals surface area (Å²) in [5.74, 6) is 0.214. The van der Waals surface area contributed by atoms with Crippen LogP contribution in [-0.4, -0.2) is 5.78 Å². The number of carbonyl (C=O) groups excluding carboxylic acids is 1. The minimum atomic E-state index is -0.286. The first-order valence-corrected chi connectivity index (χ1v) is 5.53. The van der Waals surface area contributed by atoms with Crippen molar-refractivity contribution >= 4 is 5.78 Å². The average molecular weight is 206 g/mol. The van der Waals surface area contributed by atoms with Gasteiger partial charge in [-0.15, -0.1) is 0 Å². The van der Waals surface area contributed by atoms with E-state index in [1.807, 2.05) is 65.8 Å². The molecule has 0 aliphatic heterocycles. The molecule has 0 radical (unpaired) electrons. The Bertz CT molecular complexity index is 318. The van der Waals surface area contributed by atoms with Gasteiger partial charge in [0.05, 0.1) is 0 Å². The first-order valence-electron chi connectivity index (χ1n) is 5.53. The highest BCUT2D eigenvalue weighted by molar-refractivity contribution is 6.00. The van der Waals surface area contributed by atoms with Gasteiger partial charge >= 0.3 is 0 Å². The van der Waals surface area contributed by atoms with E-state index in [1.165, 1.54) is 0 Å². The summed E-state index contributed by atoms with van der Waals surface area (Å²) in [7, 11) is 0. The van der Waals surface area contributed by atoms with Gasteiger partial charge in [0, 0.05) is 11.0 Å². The van der Waals surface area contributed by atoms with E-state index in [2.05, 4.69) is 0 Å². The number of Topliss-reactive ketones (excluding diaryl/α,β-unsaturated/α-hetero) is 1. The molecule has 0 amide bonds. The molecular formula is C14H22O. The molecule has 0 saturated heterocycles. The van der Waals surface area contributed by atoms with E-state index in [9.17, 15) is 4.79 Å². The van der Waals surface area contributed by atoms with E-state index in [1.54, 1.807) is 0 Å². The minimum Gasteiger partial charge on any atom is -0.294 e. The van der Waals surface area contributed by atoms with E-state index in [4.69, 9.17) is 0 Å². The van der Waals surface area contributed by atoms with Gasteiger partial charge in [0.1, 0.15) is 0 Å². The standard InChI is InChI=1S/C12H16O.C2H6/c1-9-7-5-6-8-10(9)11(13)12(2,3)4;1-2/h5-8H,1-4H3;1-2H3. The Balaban J connectivity index is 0.000000921. The first-order chi connectivity index (χ1) is 6.93. The Morgan fingerprint density at radius 3 is 1.93 bits per heavy atom. The summed E-state index contributed by atoms with van der Waals surface area (Å²) in [4.78, 5) is 11.9. The van der Waals surface area contributed by atoms with E-state index >= 15 is 0 Å². The van der Waals surface area contributed by atoms with Crippen LogP contribution in [0.1, 0.15) is 50.5 Å². The third kappa shape index (κ3) is 3.86. The monoisotopic (exact) mass is 206 g/mol. The maximum Gasteiger partial charge on any atom is 0.168 e. The number of aryl methyl sites for hydroxylation is 1. The lowest BCUT2D eigenvalue weighted by Crippen LogP contribution is -2.20. The summed E-state index contributed by atoms with van der Waals surface area (Å²) < 4.78 is 0. The van der Waals surface area contributed by atoms with Gasteiger partial charge in [-0.25, -0.2) is 0 Å². The number of hydrogen-bond donors (Lipinski definition) is 0. The Morgan fingerprint density at radius 1 is 1.07 bits per heavy atom. The summed E-state index contributed by atoms with van der Waals surface area (Å²) in [6.45, 7) is 11.8. The second-order valence-corrected chi connectivity index (χ2v) is 4.39. The molecule has 1 aromatic carbocycles. The smallest absolute Gasteiger partial charge is 0.168 e. The van der Waals surface area contributed by atoms with Crippen molar-refractivity contribution in [3.05, 3.63) is 35.4 Å². The third-order valence-corrected chi connectivity index (χ3v) is 2.07. The van der Waals surface area contributed by atoms with Gasteiger partial charge in [-0.1, -0.05) is 58.9 Å². The molecule has 84 valence electrons. The highest BCUT2D eigenvalue weighted by atomic mass is 16.1. The van der Waals surface area contributed by atoms with Gasteiger partial charge < -0.3 is 0 Å². The molecule has 0 aliphatic rings. The molecule has 0 aromatic heterocycles. The van der Waals surface area contributed by atoms with Gasteiger partial charge in [-0.3, -0.25) is 4.79 Å². The van der Waals surface area contributed by atoms with Crippen LogP contribution < -0.4 is 0 Å². The molecular weight excluding hydrogens is 184 g/mol. The van der Waals surface area contributed by atoms with Crippen molar-refractivity contribution in [3.63, 3.8) is 0 Å². The van der Waals surface area contributed by atoms with Crippen molar-refractivity contribution in [2.75, 3.05) is 0 Å². The normalized spacial score (nSPS) is 10.3. The van der Waals surface area contributed by atoms with Crippen molar-refractivity contribution in [2.45, 2.75) is 41.5 Å². The zero-order valence-electron chi connectivity index (χ0n) is 10.7. The van der Waals surface area contributed by atoms with Crippen LogP contribution >= 0.6 is 0 Å². The van der Waals surface area contributed by atoms with E-state index < -0.39 is 0 Å². The molecule has 0 unspecified atom stereocenters. The van der Waals surface area contributed by atoms with Crippen LogP contribution in [0, 0.1) is 12.3 Å². The largest absolute Gasteiger partial charge is 0.294 e. The van der Waals surface area contributed by atoms with Crippen LogP contribution in [-0.2, 0) is 0 Å². The number of ketones is 1. The fourth-order valence-electron chi connectivity index (χ4n) is 1.23. The fourth-order valence-corrected chi connectivity index (χ4v) is 1.23. The number of benzene rings is 1. The second-order valence-electron chi connectivity index (χ2n) is 4.39. The summed E-state index contributed by atoms with van der Waals surface area (Å²) in [6.07, 6.45) is 0. The molecule has 15 heavy (non-hydrogen) atoms. The molecule has 1 heteroatoms. The number of hydrogen-bond acceptors (Lipinski definition) is 1. The molecule has 0 bridgehead atoms. The van der Waals surface area contributed by atoms with Crippen LogP contribution in [0.2, 0.25) is 0 Å². The van der Waals surface area contributed by atoms with E-state index in [0.29, 0.717) is 0 Å². The molecule has 0 N–H and O–H groups in total. The van der Waals surface area contributed by atoms with Gasteiger partial charge in [0.25, 0.3) is 0 Å². The van der Waals surface area contributed by atoms with Gasteiger partial charge in [0.15, 0.2) is 5.78 Å². The predicted octanol–water partition coefficient (Wildman–Crippen LogP) is 4.25. The lowest BCUT2D eigenvalue weighted by molar-refractivity contribution is 0.0857. The molecule has 1 rings (SSSR count). The van der Waals surface area contributed by atoms with Crippen LogP contribution in [0.15, 0.2) is 24.3 Å². The SMILES string of the molecule is CC.Cc1ccccc1C(=O)C(C)(C)C. The van der Waals surface area contributed by atoms with Gasteiger partial charge in [-0.2, -0.15) is 0 Å². The third-order valence-electron chi connectivity index (χ3n) is 2.07. The zero-order chi connectivity index (χ0) is 12.1.